The molecule has 0 aromatic heterocycles. The maximum atomic E-state index is 12.5. The average molecular weight is 365 g/mol. The van der Waals surface area contributed by atoms with Crippen LogP contribution in [0.25, 0.3) is 0 Å². The number of benzene rings is 2. The Morgan fingerprint density at radius 2 is 1.63 bits per heavy atom. The Morgan fingerprint density at radius 1 is 0.963 bits per heavy atom. The monoisotopic (exact) mass is 365 g/mol. The van der Waals surface area contributed by atoms with Gasteiger partial charge in [0, 0.05) is 16.8 Å². The van der Waals surface area contributed by atoms with Crippen LogP contribution in [-0.4, -0.2) is 17.7 Å². The molecule has 1 aliphatic carbocycles. The minimum Gasteiger partial charge on any atom is -0.330 e. The van der Waals surface area contributed by atoms with E-state index >= 15 is 0 Å². The van der Waals surface area contributed by atoms with Gasteiger partial charge in [0.15, 0.2) is 11.8 Å². The highest BCUT2D eigenvalue weighted by Gasteiger charge is 2.21. The molecule has 0 spiro atoms. The fraction of sp³-hybridized carbons (Fsp3) is 0.391. The van der Waals surface area contributed by atoms with Gasteiger partial charge in [0.1, 0.15) is 6.04 Å². The predicted octanol–water partition coefficient (Wildman–Crippen LogP) is 3.42. The molecule has 0 aliphatic heterocycles. The molecule has 2 atom stereocenters. The van der Waals surface area contributed by atoms with E-state index in [0.29, 0.717) is 11.3 Å². The number of aryl methyl sites for hydroxylation is 2. The third-order valence-electron chi connectivity index (χ3n) is 5.45. The van der Waals surface area contributed by atoms with Gasteiger partial charge in [-0.2, -0.15) is 0 Å². The zero-order valence-corrected chi connectivity index (χ0v) is 16.4. The first kappa shape index (κ1) is 19.3. The standard InChI is InChI=1S/C23H28N2O2/c1-15(20-9-8-19-6-4-5-7-21(19)14-20)24-16(2)23(27)25-22-12-10-18(11-13-22)17(3)26/h8-16,24H,4-7H2,1-3H3,(H,25,27)/p+1/t15-,16+/m1/s1. The quantitative estimate of drug-likeness (QED) is 0.771. The number of Topliss-reactive ketones (excluding diaryl/α,β-unsaturated/α-hetero) is 1. The summed E-state index contributed by atoms with van der Waals surface area (Å²) in [7, 11) is 0. The Kier molecular flexibility index (Phi) is 6.07. The van der Waals surface area contributed by atoms with Crippen molar-refractivity contribution in [3.8, 4) is 0 Å². The molecule has 142 valence electrons. The lowest BCUT2D eigenvalue weighted by atomic mass is 9.89. The molecule has 0 heterocycles. The van der Waals surface area contributed by atoms with E-state index in [-0.39, 0.29) is 23.8 Å². The van der Waals surface area contributed by atoms with E-state index in [1.54, 1.807) is 24.3 Å². The molecule has 0 unspecified atom stereocenters. The number of rotatable bonds is 6. The second-order valence-corrected chi connectivity index (χ2v) is 7.63. The third kappa shape index (κ3) is 4.83. The van der Waals surface area contributed by atoms with Gasteiger partial charge in [0.2, 0.25) is 0 Å². The highest BCUT2D eigenvalue weighted by Crippen LogP contribution is 2.23. The van der Waals surface area contributed by atoms with Gasteiger partial charge in [-0.15, -0.1) is 0 Å². The van der Waals surface area contributed by atoms with Crippen LogP contribution in [0.4, 0.5) is 5.69 Å². The number of carbonyl (C=O) groups is 2. The topological polar surface area (TPSA) is 62.8 Å². The van der Waals surface area contributed by atoms with Crippen molar-refractivity contribution in [2.24, 2.45) is 0 Å². The molecule has 0 bridgehead atoms. The first-order chi connectivity index (χ1) is 12.9. The molecule has 4 nitrogen and oxygen atoms in total. The van der Waals surface area contributed by atoms with Gasteiger partial charge in [0.05, 0.1) is 0 Å². The van der Waals surface area contributed by atoms with Gasteiger partial charge < -0.3 is 10.6 Å². The SMILES string of the molecule is CC(=O)c1ccc(NC(=O)[C@H](C)[NH2+][C@H](C)c2ccc3c(c2)CCCC3)cc1. The largest absolute Gasteiger partial charge is 0.330 e. The van der Waals surface area contributed by atoms with Crippen molar-refractivity contribution in [1.82, 2.24) is 0 Å². The molecule has 3 rings (SSSR count). The fourth-order valence-electron chi connectivity index (χ4n) is 3.71. The number of ketones is 1. The molecule has 0 saturated carbocycles. The zero-order chi connectivity index (χ0) is 19.4. The fourth-order valence-corrected chi connectivity index (χ4v) is 3.71. The number of quaternary nitrogens is 1. The zero-order valence-electron chi connectivity index (χ0n) is 16.4. The predicted molar refractivity (Wildman–Crippen MR) is 108 cm³/mol. The van der Waals surface area contributed by atoms with E-state index in [2.05, 4.69) is 35.8 Å². The lowest BCUT2D eigenvalue weighted by Crippen LogP contribution is -2.91. The second kappa shape index (κ2) is 8.49. The molecule has 1 aliphatic rings. The lowest BCUT2D eigenvalue weighted by Gasteiger charge is -2.20. The van der Waals surface area contributed by atoms with Crippen LogP contribution in [0.1, 0.15) is 66.7 Å². The molecule has 2 aromatic rings. The van der Waals surface area contributed by atoms with Gasteiger partial charge in [-0.3, -0.25) is 9.59 Å². The summed E-state index contributed by atoms with van der Waals surface area (Å²) < 4.78 is 0. The van der Waals surface area contributed by atoms with Gasteiger partial charge in [-0.1, -0.05) is 12.1 Å². The molecular formula is C23H29N2O2+. The Hall–Kier alpha value is -2.46. The number of nitrogens with two attached hydrogens (primary N) is 1. The van der Waals surface area contributed by atoms with E-state index in [0.717, 1.165) is 0 Å². The van der Waals surface area contributed by atoms with Crippen LogP contribution in [0.5, 0.6) is 0 Å². The van der Waals surface area contributed by atoms with Crippen LogP contribution < -0.4 is 10.6 Å². The summed E-state index contributed by atoms with van der Waals surface area (Å²) in [4.78, 5) is 23.9. The molecule has 3 N–H and O–H groups in total. The maximum absolute atomic E-state index is 12.5. The minimum absolute atomic E-state index is 0.0217. The van der Waals surface area contributed by atoms with Crippen molar-refractivity contribution >= 4 is 17.4 Å². The van der Waals surface area contributed by atoms with Crippen molar-refractivity contribution in [1.29, 1.82) is 0 Å². The van der Waals surface area contributed by atoms with Crippen LogP contribution in [0.2, 0.25) is 0 Å². The summed E-state index contributed by atoms with van der Waals surface area (Å²) in [5, 5.41) is 5.03. The lowest BCUT2D eigenvalue weighted by molar-refractivity contribution is -0.709. The second-order valence-electron chi connectivity index (χ2n) is 7.63. The number of nitrogens with one attached hydrogen (secondary N) is 1. The molecule has 4 heteroatoms. The Balaban J connectivity index is 1.59. The van der Waals surface area contributed by atoms with Crippen molar-refractivity contribution in [3.05, 3.63) is 64.7 Å². The normalized spacial score (nSPS) is 15.5. The van der Waals surface area contributed by atoms with Crippen molar-refractivity contribution in [3.63, 3.8) is 0 Å². The summed E-state index contributed by atoms with van der Waals surface area (Å²) in [6.07, 6.45) is 4.92. The number of anilines is 1. The number of hydrogen-bond donors (Lipinski definition) is 2. The maximum Gasteiger partial charge on any atom is 0.282 e. The first-order valence-corrected chi connectivity index (χ1v) is 9.82. The van der Waals surface area contributed by atoms with Gasteiger partial charge in [-0.05, 0) is 87.9 Å². The third-order valence-corrected chi connectivity index (χ3v) is 5.45. The Bertz CT molecular complexity index is 827. The van der Waals surface area contributed by atoms with Crippen LogP contribution in [0.3, 0.4) is 0 Å². The number of hydrogen-bond acceptors (Lipinski definition) is 2. The van der Waals surface area contributed by atoms with Crippen LogP contribution in [0.15, 0.2) is 42.5 Å². The van der Waals surface area contributed by atoms with E-state index in [4.69, 9.17) is 0 Å². The van der Waals surface area contributed by atoms with Crippen molar-refractivity contribution in [2.45, 2.75) is 58.5 Å². The smallest absolute Gasteiger partial charge is 0.282 e. The molecular weight excluding hydrogens is 336 g/mol. The summed E-state index contributed by atoms with van der Waals surface area (Å²) in [6, 6.07) is 13.8. The van der Waals surface area contributed by atoms with Crippen molar-refractivity contribution < 1.29 is 14.9 Å². The summed E-state index contributed by atoms with van der Waals surface area (Å²) in [5.41, 5.74) is 5.60. The van der Waals surface area contributed by atoms with Gasteiger partial charge in [-0.25, -0.2) is 0 Å². The summed E-state index contributed by atoms with van der Waals surface area (Å²) in [6.45, 7) is 5.61. The minimum atomic E-state index is -0.205. The summed E-state index contributed by atoms with van der Waals surface area (Å²) in [5.74, 6) is -0.0103. The number of carbonyl (C=O) groups excluding carboxylic acids is 2. The van der Waals surface area contributed by atoms with Crippen LogP contribution in [0, 0.1) is 0 Å². The molecule has 27 heavy (non-hydrogen) atoms. The van der Waals surface area contributed by atoms with E-state index in [9.17, 15) is 9.59 Å². The van der Waals surface area contributed by atoms with E-state index in [1.807, 2.05) is 6.92 Å². The number of fused-ring (bicyclic) bond motifs is 1. The Labute approximate surface area is 161 Å². The van der Waals surface area contributed by atoms with E-state index in [1.165, 1.54) is 49.3 Å². The van der Waals surface area contributed by atoms with Crippen LogP contribution >= 0.6 is 0 Å². The average Bonchev–Trinajstić information content (AvgIpc) is 2.67. The molecule has 2 aromatic carbocycles. The van der Waals surface area contributed by atoms with Gasteiger partial charge in [0.25, 0.3) is 5.91 Å². The highest BCUT2D eigenvalue weighted by molar-refractivity contribution is 5.96. The van der Waals surface area contributed by atoms with Gasteiger partial charge >= 0.3 is 0 Å². The molecule has 1 amide bonds. The molecule has 0 radical (unpaired) electrons. The van der Waals surface area contributed by atoms with Crippen molar-refractivity contribution in [2.75, 3.05) is 5.32 Å². The Morgan fingerprint density at radius 3 is 2.30 bits per heavy atom. The molecule has 0 saturated heterocycles. The number of amides is 1. The molecule has 0 fully saturated rings. The summed E-state index contributed by atoms with van der Waals surface area (Å²) >= 11 is 0. The highest BCUT2D eigenvalue weighted by atomic mass is 16.2. The van der Waals surface area contributed by atoms with Crippen LogP contribution in [-0.2, 0) is 17.6 Å². The van der Waals surface area contributed by atoms with E-state index < -0.39 is 0 Å². The first-order valence-electron chi connectivity index (χ1n) is 9.82.